The molecule has 2 aliphatic rings. The summed E-state index contributed by atoms with van der Waals surface area (Å²) in [5.41, 5.74) is 6.44. The van der Waals surface area contributed by atoms with Crippen LogP contribution in [0.1, 0.15) is 33.6 Å². The summed E-state index contributed by atoms with van der Waals surface area (Å²) in [6, 6.07) is 0. The lowest BCUT2D eigenvalue weighted by Gasteiger charge is -2.40. The average molecular weight is 366 g/mol. The fraction of sp³-hybridized carbons (Fsp3) is 0.778. The van der Waals surface area contributed by atoms with Gasteiger partial charge < -0.3 is 20.3 Å². The van der Waals surface area contributed by atoms with Crippen molar-refractivity contribution in [1.82, 2.24) is 9.88 Å². The number of nitrogens with zero attached hydrogens (tertiary/aromatic N) is 4. The number of hydrogen-bond donors (Lipinski definition) is 1. The first-order chi connectivity index (χ1) is 11.9. The smallest absolute Gasteiger partial charge is 0.191 e. The zero-order valence-corrected chi connectivity index (χ0v) is 16.5. The van der Waals surface area contributed by atoms with Crippen LogP contribution in [0.15, 0.2) is 16.6 Å². The number of aromatic nitrogens is 1. The van der Waals surface area contributed by atoms with E-state index in [9.17, 15) is 0 Å². The van der Waals surface area contributed by atoms with Crippen molar-refractivity contribution in [3.05, 3.63) is 11.6 Å². The number of piperazine rings is 1. The van der Waals surface area contributed by atoms with Gasteiger partial charge >= 0.3 is 0 Å². The van der Waals surface area contributed by atoms with Gasteiger partial charge in [-0.3, -0.25) is 4.99 Å². The molecule has 2 unspecified atom stereocenters. The summed E-state index contributed by atoms with van der Waals surface area (Å²) in [5.74, 6) is 1.14. The lowest BCUT2D eigenvalue weighted by Crippen LogP contribution is -2.51. The zero-order valence-electron chi connectivity index (χ0n) is 15.6. The Hall–Kier alpha value is -1.34. The Balaban J connectivity index is 1.53. The summed E-state index contributed by atoms with van der Waals surface area (Å²) in [6.07, 6.45) is 4.43. The molecule has 1 aromatic rings. The normalized spacial score (nSPS) is 26.1. The molecule has 2 aliphatic heterocycles. The number of thiazole rings is 1. The van der Waals surface area contributed by atoms with Crippen molar-refractivity contribution in [3.8, 4) is 0 Å². The largest absolute Gasteiger partial charge is 0.377 e. The Labute approximate surface area is 155 Å². The number of aliphatic imine (C=N–C) groups is 1. The molecule has 7 heteroatoms. The molecule has 0 aromatic carbocycles. The van der Waals surface area contributed by atoms with Crippen molar-refractivity contribution in [2.75, 3.05) is 44.2 Å². The maximum atomic E-state index is 6.29. The minimum absolute atomic E-state index is 0.148. The standard InChI is InChI=1S/C18H31N5OS/c1-18(2,3)15-14(5-4-11-24-15)13-21-16(19)22-7-9-23(10-8-22)17-20-6-12-25-17/h6,12,14-15H,4-5,7-11,13H2,1-3H3,(H2,19,21). The van der Waals surface area contributed by atoms with E-state index in [4.69, 9.17) is 15.5 Å². The van der Waals surface area contributed by atoms with Crippen LogP contribution in [-0.4, -0.2) is 61.3 Å². The molecule has 25 heavy (non-hydrogen) atoms. The van der Waals surface area contributed by atoms with E-state index in [2.05, 4.69) is 35.6 Å². The van der Waals surface area contributed by atoms with E-state index in [0.29, 0.717) is 11.9 Å². The third-order valence-electron chi connectivity index (χ3n) is 5.08. The monoisotopic (exact) mass is 365 g/mol. The van der Waals surface area contributed by atoms with Crippen LogP contribution in [-0.2, 0) is 4.74 Å². The van der Waals surface area contributed by atoms with Crippen molar-refractivity contribution < 1.29 is 4.74 Å². The number of guanidine groups is 1. The van der Waals surface area contributed by atoms with Gasteiger partial charge in [0.25, 0.3) is 0 Å². The summed E-state index contributed by atoms with van der Waals surface area (Å²) in [4.78, 5) is 13.6. The SMILES string of the molecule is CC(C)(C)C1OCCCC1CN=C(N)N1CCN(c2nccs2)CC1. The topological polar surface area (TPSA) is 67.0 Å². The number of rotatable bonds is 3. The zero-order chi connectivity index (χ0) is 17.9. The molecule has 0 aliphatic carbocycles. The second-order valence-corrected chi connectivity index (χ2v) is 8.92. The molecule has 0 saturated carbocycles. The Bertz CT molecular complexity index is 561. The molecular formula is C18H31N5OS. The minimum atomic E-state index is 0.148. The molecular weight excluding hydrogens is 334 g/mol. The van der Waals surface area contributed by atoms with Crippen molar-refractivity contribution in [1.29, 1.82) is 0 Å². The molecule has 1 aromatic heterocycles. The Morgan fingerprint density at radius 3 is 2.76 bits per heavy atom. The van der Waals surface area contributed by atoms with Gasteiger partial charge in [-0.2, -0.15) is 0 Å². The lowest BCUT2D eigenvalue weighted by molar-refractivity contribution is -0.0823. The van der Waals surface area contributed by atoms with Crippen LogP contribution < -0.4 is 10.6 Å². The van der Waals surface area contributed by atoms with E-state index in [1.165, 1.54) is 6.42 Å². The number of nitrogens with two attached hydrogens (primary N) is 1. The highest BCUT2D eigenvalue weighted by molar-refractivity contribution is 7.13. The molecule has 2 atom stereocenters. The van der Waals surface area contributed by atoms with Crippen LogP contribution in [0.3, 0.4) is 0 Å². The lowest BCUT2D eigenvalue weighted by atomic mass is 9.78. The van der Waals surface area contributed by atoms with Crippen molar-refractivity contribution in [2.45, 2.75) is 39.7 Å². The van der Waals surface area contributed by atoms with Crippen LogP contribution in [0.2, 0.25) is 0 Å². The molecule has 3 heterocycles. The molecule has 0 bridgehead atoms. The third kappa shape index (κ3) is 4.64. The molecule has 0 spiro atoms. The molecule has 3 rings (SSSR count). The summed E-state index contributed by atoms with van der Waals surface area (Å²) >= 11 is 1.69. The van der Waals surface area contributed by atoms with Gasteiger partial charge in [0.1, 0.15) is 0 Å². The Kier molecular flexibility index (Phi) is 5.84. The van der Waals surface area contributed by atoms with Gasteiger partial charge in [0.2, 0.25) is 0 Å². The molecule has 140 valence electrons. The van der Waals surface area contributed by atoms with Crippen molar-refractivity contribution >= 4 is 22.4 Å². The highest BCUT2D eigenvalue weighted by atomic mass is 32.1. The maximum absolute atomic E-state index is 6.29. The van der Waals surface area contributed by atoms with Gasteiger partial charge in [-0.15, -0.1) is 11.3 Å². The average Bonchev–Trinajstić information content (AvgIpc) is 3.14. The van der Waals surface area contributed by atoms with Gasteiger partial charge in [-0.05, 0) is 18.3 Å². The van der Waals surface area contributed by atoms with Gasteiger partial charge in [0.05, 0.1) is 6.10 Å². The van der Waals surface area contributed by atoms with E-state index in [1.54, 1.807) is 11.3 Å². The maximum Gasteiger partial charge on any atom is 0.191 e. The van der Waals surface area contributed by atoms with E-state index in [-0.39, 0.29) is 11.5 Å². The van der Waals surface area contributed by atoms with Crippen LogP contribution in [0.4, 0.5) is 5.13 Å². The molecule has 6 nitrogen and oxygen atoms in total. The highest BCUT2D eigenvalue weighted by Gasteiger charge is 2.35. The van der Waals surface area contributed by atoms with Crippen LogP contribution >= 0.6 is 11.3 Å². The van der Waals surface area contributed by atoms with E-state index < -0.39 is 0 Å². The number of anilines is 1. The van der Waals surface area contributed by atoms with Gasteiger partial charge in [-0.25, -0.2) is 4.98 Å². The predicted octanol–water partition coefficient (Wildman–Crippen LogP) is 2.42. The quantitative estimate of drug-likeness (QED) is 0.658. The molecule has 2 fully saturated rings. The molecule has 2 N–H and O–H groups in total. The summed E-state index contributed by atoms with van der Waals surface area (Å²) in [6.45, 7) is 12.1. The van der Waals surface area contributed by atoms with E-state index in [0.717, 1.165) is 50.9 Å². The first kappa shape index (κ1) is 18.5. The van der Waals surface area contributed by atoms with E-state index in [1.807, 2.05) is 11.6 Å². The second kappa shape index (κ2) is 7.91. The predicted molar refractivity (Wildman–Crippen MR) is 104 cm³/mol. The van der Waals surface area contributed by atoms with Crippen molar-refractivity contribution in [2.24, 2.45) is 22.1 Å². The van der Waals surface area contributed by atoms with Gasteiger partial charge in [0.15, 0.2) is 11.1 Å². The third-order valence-corrected chi connectivity index (χ3v) is 5.91. The molecule has 0 radical (unpaired) electrons. The van der Waals surface area contributed by atoms with Crippen LogP contribution in [0, 0.1) is 11.3 Å². The first-order valence-corrected chi connectivity index (χ1v) is 10.1. The van der Waals surface area contributed by atoms with Gasteiger partial charge in [-0.1, -0.05) is 20.8 Å². The summed E-state index contributed by atoms with van der Waals surface area (Å²) in [7, 11) is 0. The fourth-order valence-corrected chi connectivity index (χ4v) is 4.49. The first-order valence-electron chi connectivity index (χ1n) is 9.26. The fourth-order valence-electron chi connectivity index (χ4n) is 3.80. The summed E-state index contributed by atoms with van der Waals surface area (Å²) in [5, 5.41) is 3.12. The minimum Gasteiger partial charge on any atom is -0.377 e. The van der Waals surface area contributed by atoms with Crippen LogP contribution in [0.5, 0.6) is 0 Å². The van der Waals surface area contributed by atoms with Gasteiger partial charge in [0, 0.05) is 56.8 Å². The second-order valence-electron chi connectivity index (χ2n) is 8.05. The highest BCUT2D eigenvalue weighted by Crippen LogP contribution is 2.34. The molecule has 0 amide bonds. The Morgan fingerprint density at radius 1 is 1.36 bits per heavy atom. The number of hydrogen-bond acceptors (Lipinski definition) is 5. The Morgan fingerprint density at radius 2 is 2.12 bits per heavy atom. The van der Waals surface area contributed by atoms with Crippen molar-refractivity contribution in [3.63, 3.8) is 0 Å². The van der Waals surface area contributed by atoms with Crippen LogP contribution in [0.25, 0.3) is 0 Å². The summed E-state index contributed by atoms with van der Waals surface area (Å²) < 4.78 is 6.05. The van der Waals surface area contributed by atoms with E-state index >= 15 is 0 Å². The molecule has 2 saturated heterocycles. The number of ether oxygens (including phenoxy) is 1.